The Morgan fingerprint density at radius 2 is 2.43 bits per heavy atom. The van der Waals surface area contributed by atoms with Gasteiger partial charge in [-0.05, 0) is 18.6 Å². The summed E-state index contributed by atoms with van der Waals surface area (Å²) in [6.07, 6.45) is 2.13. The number of carbonyl (C=O) groups excluding carboxylic acids is 1. The van der Waals surface area contributed by atoms with Gasteiger partial charge in [0.25, 0.3) is 0 Å². The van der Waals surface area contributed by atoms with Crippen LogP contribution in [-0.2, 0) is 4.74 Å². The maximum Gasteiger partial charge on any atom is 0.356 e. The van der Waals surface area contributed by atoms with Crippen molar-refractivity contribution in [2.75, 3.05) is 6.61 Å². The van der Waals surface area contributed by atoms with Crippen LogP contribution in [0.3, 0.4) is 0 Å². The van der Waals surface area contributed by atoms with Crippen molar-refractivity contribution in [3.8, 4) is 6.07 Å². The van der Waals surface area contributed by atoms with Gasteiger partial charge >= 0.3 is 5.97 Å². The minimum absolute atomic E-state index is 0.234. The van der Waals surface area contributed by atoms with Gasteiger partial charge in [0, 0.05) is 6.20 Å². The molecule has 0 saturated carbocycles. The van der Waals surface area contributed by atoms with E-state index in [4.69, 9.17) is 10.00 Å². The molecule has 0 radical (unpaired) electrons. The smallest absolute Gasteiger partial charge is 0.356 e. The second-order valence-corrected chi connectivity index (χ2v) is 2.68. The summed E-state index contributed by atoms with van der Waals surface area (Å²) in [5.74, 6) is -0.448. The van der Waals surface area contributed by atoms with Crippen LogP contribution in [0.4, 0.5) is 0 Å². The van der Waals surface area contributed by atoms with E-state index in [1.165, 1.54) is 18.3 Å². The van der Waals surface area contributed by atoms with E-state index in [1.54, 1.807) is 0 Å². The van der Waals surface area contributed by atoms with Gasteiger partial charge in [-0.25, -0.2) is 9.78 Å². The molecule has 4 nitrogen and oxygen atoms in total. The van der Waals surface area contributed by atoms with E-state index in [9.17, 15) is 4.79 Å². The van der Waals surface area contributed by atoms with Gasteiger partial charge in [0.05, 0.1) is 12.2 Å². The molecule has 1 rings (SSSR count). The lowest BCUT2D eigenvalue weighted by Gasteiger charge is -2.01. The van der Waals surface area contributed by atoms with Gasteiger partial charge in [0.15, 0.2) is 0 Å². The van der Waals surface area contributed by atoms with Gasteiger partial charge in [0.1, 0.15) is 11.8 Å². The fourth-order valence-corrected chi connectivity index (χ4v) is 0.849. The number of aromatic nitrogens is 1. The zero-order valence-corrected chi connectivity index (χ0v) is 7.86. The van der Waals surface area contributed by atoms with E-state index >= 15 is 0 Å². The zero-order valence-electron chi connectivity index (χ0n) is 7.86. The molecule has 4 heteroatoms. The molecule has 0 aliphatic carbocycles. The molecular weight excluding hydrogens is 180 g/mol. The van der Waals surface area contributed by atoms with E-state index in [0.29, 0.717) is 12.2 Å². The molecule has 1 heterocycles. The number of nitrogens with zero attached hydrogens (tertiary/aromatic N) is 2. The van der Waals surface area contributed by atoms with Crippen LogP contribution in [0.1, 0.15) is 29.4 Å². The summed E-state index contributed by atoms with van der Waals surface area (Å²) in [6, 6.07) is 4.94. The molecule has 0 bridgehead atoms. The summed E-state index contributed by atoms with van der Waals surface area (Å²) in [6.45, 7) is 2.31. The minimum atomic E-state index is -0.448. The molecule has 0 atom stereocenters. The number of nitriles is 1. The first-order valence-corrected chi connectivity index (χ1v) is 4.31. The van der Waals surface area contributed by atoms with Crippen molar-refractivity contribution in [1.29, 1.82) is 5.26 Å². The second kappa shape index (κ2) is 4.97. The van der Waals surface area contributed by atoms with Crippen LogP contribution in [-0.4, -0.2) is 17.6 Å². The van der Waals surface area contributed by atoms with Crippen molar-refractivity contribution in [3.63, 3.8) is 0 Å². The highest BCUT2D eigenvalue weighted by atomic mass is 16.5. The molecule has 0 saturated heterocycles. The largest absolute Gasteiger partial charge is 0.461 e. The predicted molar refractivity (Wildman–Crippen MR) is 49.5 cm³/mol. The first-order valence-electron chi connectivity index (χ1n) is 4.31. The second-order valence-electron chi connectivity index (χ2n) is 2.68. The molecule has 0 N–H and O–H groups in total. The summed E-state index contributed by atoms with van der Waals surface area (Å²) in [7, 11) is 0. The lowest BCUT2D eigenvalue weighted by molar-refractivity contribution is 0.0498. The van der Waals surface area contributed by atoms with Crippen molar-refractivity contribution in [2.24, 2.45) is 0 Å². The molecule has 0 aliphatic rings. The summed E-state index contributed by atoms with van der Waals surface area (Å²) in [5, 5.41) is 8.50. The Morgan fingerprint density at radius 1 is 1.64 bits per heavy atom. The quantitative estimate of drug-likeness (QED) is 0.678. The lowest BCUT2D eigenvalue weighted by Crippen LogP contribution is -2.07. The van der Waals surface area contributed by atoms with Crippen molar-refractivity contribution < 1.29 is 9.53 Å². The topological polar surface area (TPSA) is 63.0 Å². The molecule has 0 aliphatic heterocycles. The van der Waals surface area contributed by atoms with Gasteiger partial charge in [0.2, 0.25) is 0 Å². The molecule has 0 fully saturated rings. The Balaban J connectivity index is 2.68. The van der Waals surface area contributed by atoms with Crippen LogP contribution in [0.25, 0.3) is 0 Å². The number of hydrogen-bond acceptors (Lipinski definition) is 4. The van der Waals surface area contributed by atoms with Gasteiger partial charge in [-0.3, -0.25) is 0 Å². The van der Waals surface area contributed by atoms with Crippen molar-refractivity contribution in [2.45, 2.75) is 13.3 Å². The fourth-order valence-electron chi connectivity index (χ4n) is 0.849. The van der Waals surface area contributed by atoms with Gasteiger partial charge in [-0.1, -0.05) is 6.92 Å². The summed E-state index contributed by atoms with van der Waals surface area (Å²) in [5.41, 5.74) is 0.662. The van der Waals surface area contributed by atoms with E-state index in [-0.39, 0.29) is 5.69 Å². The molecule has 0 unspecified atom stereocenters. The predicted octanol–water partition coefficient (Wildman–Crippen LogP) is 1.52. The molecule has 0 amide bonds. The molecule has 1 aromatic rings. The molecule has 14 heavy (non-hydrogen) atoms. The summed E-state index contributed by atoms with van der Waals surface area (Å²) in [4.78, 5) is 15.0. The van der Waals surface area contributed by atoms with Crippen molar-refractivity contribution in [1.82, 2.24) is 4.98 Å². The third-order valence-corrected chi connectivity index (χ3v) is 1.54. The maximum atomic E-state index is 11.2. The standard InChI is InChI=1S/C10H10N2O2/c1-2-5-14-10(13)9-4-3-8(6-11)7-12-9/h3-4,7H,2,5H2,1H3. The van der Waals surface area contributed by atoms with Crippen LogP contribution in [0.15, 0.2) is 18.3 Å². The summed E-state index contributed by atoms with van der Waals surface area (Å²) >= 11 is 0. The molecule has 72 valence electrons. The first kappa shape index (κ1) is 10.2. The maximum absolute atomic E-state index is 11.2. The van der Waals surface area contributed by atoms with E-state index < -0.39 is 5.97 Å². The van der Waals surface area contributed by atoms with Gasteiger partial charge in [-0.15, -0.1) is 0 Å². The summed E-state index contributed by atoms with van der Waals surface area (Å²) < 4.78 is 4.87. The molecule has 0 spiro atoms. The Morgan fingerprint density at radius 3 is 2.93 bits per heavy atom. The fraction of sp³-hybridized carbons (Fsp3) is 0.300. The molecular formula is C10H10N2O2. The van der Waals surface area contributed by atoms with E-state index in [1.807, 2.05) is 13.0 Å². The van der Waals surface area contributed by atoms with E-state index in [0.717, 1.165) is 6.42 Å². The van der Waals surface area contributed by atoms with Crippen LogP contribution >= 0.6 is 0 Å². The Hall–Kier alpha value is -1.89. The first-order chi connectivity index (χ1) is 6.77. The normalized spacial score (nSPS) is 9.14. The Kier molecular flexibility index (Phi) is 3.62. The van der Waals surface area contributed by atoms with Crippen molar-refractivity contribution in [3.05, 3.63) is 29.6 Å². The number of rotatable bonds is 3. The van der Waals surface area contributed by atoms with Crippen molar-refractivity contribution >= 4 is 5.97 Å². The zero-order chi connectivity index (χ0) is 10.4. The number of hydrogen-bond donors (Lipinski definition) is 0. The number of esters is 1. The Bertz CT molecular complexity index is 351. The van der Waals surface area contributed by atoms with Gasteiger partial charge in [-0.2, -0.15) is 5.26 Å². The number of pyridine rings is 1. The highest BCUT2D eigenvalue weighted by Crippen LogP contribution is 2.00. The highest BCUT2D eigenvalue weighted by Gasteiger charge is 2.07. The van der Waals surface area contributed by atoms with Crippen LogP contribution in [0.2, 0.25) is 0 Å². The third-order valence-electron chi connectivity index (χ3n) is 1.54. The lowest BCUT2D eigenvalue weighted by atomic mass is 10.3. The monoisotopic (exact) mass is 190 g/mol. The number of carbonyl (C=O) groups is 1. The highest BCUT2D eigenvalue weighted by molar-refractivity contribution is 5.87. The average Bonchev–Trinajstić information content (AvgIpc) is 2.26. The molecule has 1 aromatic heterocycles. The van der Waals surface area contributed by atoms with E-state index in [2.05, 4.69) is 4.98 Å². The molecule has 0 aromatic carbocycles. The van der Waals surface area contributed by atoms with Crippen LogP contribution < -0.4 is 0 Å². The number of ether oxygens (including phenoxy) is 1. The SMILES string of the molecule is CCCOC(=O)c1ccc(C#N)cn1. The average molecular weight is 190 g/mol. The van der Waals surface area contributed by atoms with Crippen LogP contribution in [0.5, 0.6) is 0 Å². The minimum Gasteiger partial charge on any atom is -0.461 e. The Labute approximate surface area is 82.1 Å². The third kappa shape index (κ3) is 2.56. The van der Waals surface area contributed by atoms with Crippen LogP contribution in [0, 0.1) is 11.3 Å². The van der Waals surface area contributed by atoms with Gasteiger partial charge < -0.3 is 4.74 Å².